The number of ether oxygens (including phenoxy) is 1. The highest BCUT2D eigenvalue weighted by molar-refractivity contribution is 5.36. The first kappa shape index (κ1) is 11.8. The molecule has 0 saturated heterocycles. The molecule has 0 bridgehead atoms. The van der Waals surface area contributed by atoms with Crippen LogP contribution in [0.3, 0.4) is 0 Å². The Morgan fingerprint density at radius 2 is 2.13 bits per heavy atom. The second kappa shape index (κ2) is 5.56. The molecule has 1 N–H and O–H groups in total. The zero-order chi connectivity index (χ0) is 11.3. The SMILES string of the molecule is C=C(C)COc1ccccc1C(C)CO. The van der Waals surface area contributed by atoms with Crippen LogP contribution >= 0.6 is 0 Å². The molecule has 0 radical (unpaired) electrons. The molecule has 2 heteroatoms. The monoisotopic (exact) mass is 206 g/mol. The van der Waals surface area contributed by atoms with Crippen molar-refractivity contribution in [2.75, 3.05) is 13.2 Å². The molecule has 0 saturated carbocycles. The van der Waals surface area contributed by atoms with Crippen molar-refractivity contribution in [1.82, 2.24) is 0 Å². The van der Waals surface area contributed by atoms with Crippen LogP contribution in [0.4, 0.5) is 0 Å². The second-order valence-electron chi connectivity index (χ2n) is 3.87. The van der Waals surface area contributed by atoms with Crippen molar-refractivity contribution >= 4 is 0 Å². The normalized spacial score (nSPS) is 12.2. The fourth-order valence-electron chi connectivity index (χ4n) is 1.32. The summed E-state index contributed by atoms with van der Waals surface area (Å²) in [5, 5.41) is 9.12. The Labute approximate surface area is 91.2 Å². The van der Waals surface area contributed by atoms with Crippen LogP contribution < -0.4 is 4.74 Å². The van der Waals surface area contributed by atoms with Gasteiger partial charge in [0.15, 0.2) is 0 Å². The molecule has 2 nitrogen and oxygen atoms in total. The van der Waals surface area contributed by atoms with Gasteiger partial charge in [-0.1, -0.05) is 31.7 Å². The Kier molecular flexibility index (Phi) is 4.37. The van der Waals surface area contributed by atoms with Gasteiger partial charge in [-0.2, -0.15) is 0 Å². The average Bonchev–Trinajstić information content (AvgIpc) is 2.25. The van der Waals surface area contributed by atoms with Crippen molar-refractivity contribution in [2.45, 2.75) is 19.8 Å². The molecule has 1 atom stereocenters. The lowest BCUT2D eigenvalue weighted by Crippen LogP contribution is -2.05. The van der Waals surface area contributed by atoms with Crippen LogP contribution in [0.5, 0.6) is 5.75 Å². The minimum atomic E-state index is 0.103. The number of benzene rings is 1. The third-order valence-electron chi connectivity index (χ3n) is 2.20. The molecule has 0 spiro atoms. The molecule has 0 aromatic heterocycles. The molecule has 15 heavy (non-hydrogen) atoms. The van der Waals surface area contributed by atoms with Crippen LogP contribution in [0.1, 0.15) is 25.3 Å². The molecular weight excluding hydrogens is 188 g/mol. The highest BCUT2D eigenvalue weighted by Gasteiger charge is 2.09. The van der Waals surface area contributed by atoms with Crippen LogP contribution in [-0.2, 0) is 0 Å². The zero-order valence-corrected chi connectivity index (χ0v) is 9.36. The first-order chi connectivity index (χ1) is 7.15. The number of rotatable bonds is 5. The Morgan fingerprint density at radius 1 is 1.47 bits per heavy atom. The van der Waals surface area contributed by atoms with Gasteiger partial charge in [0.05, 0.1) is 0 Å². The molecule has 0 heterocycles. The maximum absolute atomic E-state index is 9.12. The third-order valence-corrected chi connectivity index (χ3v) is 2.20. The number of aliphatic hydroxyl groups excluding tert-OH is 1. The summed E-state index contributed by atoms with van der Waals surface area (Å²) in [6.07, 6.45) is 0. The molecule has 0 aliphatic heterocycles. The minimum Gasteiger partial charge on any atom is -0.489 e. The first-order valence-electron chi connectivity index (χ1n) is 5.12. The summed E-state index contributed by atoms with van der Waals surface area (Å²) in [7, 11) is 0. The molecule has 1 aromatic rings. The molecule has 82 valence electrons. The van der Waals surface area contributed by atoms with E-state index in [4.69, 9.17) is 9.84 Å². The molecule has 0 amide bonds. The van der Waals surface area contributed by atoms with Gasteiger partial charge >= 0.3 is 0 Å². The van der Waals surface area contributed by atoms with E-state index in [1.807, 2.05) is 38.1 Å². The standard InChI is InChI=1S/C13H18O2/c1-10(2)9-15-13-7-5-4-6-12(13)11(3)8-14/h4-7,11,14H,1,8-9H2,2-3H3. The molecule has 0 fully saturated rings. The van der Waals surface area contributed by atoms with Gasteiger partial charge in [-0.05, 0) is 24.1 Å². The third kappa shape index (κ3) is 3.40. The van der Waals surface area contributed by atoms with Crippen LogP contribution in [0.15, 0.2) is 36.4 Å². The van der Waals surface area contributed by atoms with Gasteiger partial charge in [0.1, 0.15) is 12.4 Å². The van der Waals surface area contributed by atoms with Gasteiger partial charge in [0.2, 0.25) is 0 Å². The van der Waals surface area contributed by atoms with Gasteiger partial charge in [-0.15, -0.1) is 0 Å². The van der Waals surface area contributed by atoms with Crippen molar-refractivity contribution < 1.29 is 9.84 Å². The number of aliphatic hydroxyl groups is 1. The minimum absolute atomic E-state index is 0.103. The Hall–Kier alpha value is -1.28. The van der Waals surface area contributed by atoms with Crippen LogP contribution in [0, 0.1) is 0 Å². The van der Waals surface area contributed by atoms with E-state index in [0.29, 0.717) is 6.61 Å². The Morgan fingerprint density at radius 3 is 2.73 bits per heavy atom. The van der Waals surface area contributed by atoms with E-state index in [1.165, 1.54) is 0 Å². The fourth-order valence-corrected chi connectivity index (χ4v) is 1.32. The predicted octanol–water partition coefficient (Wildman–Crippen LogP) is 2.74. The highest BCUT2D eigenvalue weighted by atomic mass is 16.5. The summed E-state index contributed by atoms with van der Waals surface area (Å²) >= 11 is 0. The lowest BCUT2D eigenvalue weighted by atomic mass is 10.0. The maximum Gasteiger partial charge on any atom is 0.123 e. The maximum atomic E-state index is 9.12. The lowest BCUT2D eigenvalue weighted by Gasteiger charge is -2.15. The van der Waals surface area contributed by atoms with Crippen LogP contribution in [0.25, 0.3) is 0 Å². The van der Waals surface area contributed by atoms with Gasteiger partial charge < -0.3 is 9.84 Å². The summed E-state index contributed by atoms with van der Waals surface area (Å²) in [4.78, 5) is 0. The Balaban J connectivity index is 2.81. The number of hydrogen-bond donors (Lipinski definition) is 1. The van der Waals surface area contributed by atoms with Gasteiger partial charge in [0.25, 0.3) is 0 Å². The van der Waals surface area contributed by atoms with E-state index in [-0.39, 0.29) is 12.5 Å². The largest absolute Gasteiger partial charge is 0.489 e. The van der Waals surface area contributed by atoms with Crippen molar-refractivity contribution in [2.24, 2.45) is 0 Å². The topological polar surface area (TPSA) is 29.5 Å². The summed E-state index contributed by atoms with van der Waals surface area (Å²) in [5.41, 5.74) is 2.03. The van der Waals surface area contributed by atoms with E-state index in [9.17, 15) is 0 Å². The number of hydrogen-bond acceptors (Lipinski definition) is 2. The van der Waals surface area contributed by atoms with Crippen molar-refractivity contribution in [3.63, 3.8) is 0 Å². The fraction of sp³-hybridized carbons (Fsp3) is 0.385. The van der Waals surface area contributed by atoms with Crippen molar-refractivity contribution in [1.29, 1.82) is 0 Å². The van der Waals surface area contributed by atoms with Gasteiger partial charge in [0, 0.05) is 12.5 Å². The lowest BCUT2D eigenvalue weighted by molar-refractivity contribution is 0.267. The van der Waals surface area contributed by atoms with Crippen LogP contribution in [-0.4, -0.2) is 18.3 Å². The summed E-state index contributed by atoms with van der Waals surface area (Å²) in [6, 6.07) is 7.79. The van der Waals surface area contributed by atoms with Gasteiger partial charge in [-0.3, -0.25) is 0 Å². The van der Waals surface area contributed by atoms with Crippen molar-refractivity contribution in [3.8, 4) is 5.75 Å². The van der Waals surface area contributed by atoms with Gasteiger partial charge in [-0.25, -0.2) is 0 Å². The van der Waals surface area contributed by atoms with Crippen molar-refractivity contribution in [3.05, 3.63) is 42.0 Å². The van der Waals surface area contributed by atoms with E-state index in [1.54, 1.807) is 0 Å². The highest BCUT2D eigenvalue weighted by Crippen LogP contribution is 2.26. The molecular formula is C13H18O2. The molecule has 1 aromatic carbocycles. The van der Waals surface area contributed by atoms with E-state index < -0.39 is 0 Å². The molecule has 1 rings (SSSR count). The number of para-hydroxylation sites is 1. The Bertz CT molecular complexity index is 331. The van der Waals surface area contributed by atoms with E-state index >= 15 is 0 Å². The van der Waals surface area contributed by atoms with E-state index in [2.05, 4.69) is 6.58 Å². The average molecular weight is 206 g/mol. The zero-order valence-electron chi connectivity index (χ0n) is 9.36. The first-order valence-corrected chi connectivity index (χ1v) is 5.12. The van der Waals surface area contributed by atoms with Crippen LogP contribution in [0.2, 0.25) is 0 Å². The quantitative estimate of drug-likeness (QED) is 0.751. The molecule has 0 aliphatic rings. The summed E-state index contributed by atoms with van der Waals surface area (Å²) < 4.78 is 5.61. The summed E-state index contributed by atoms with van der Waals surface area (Å²) in [5.74, 6) is 0.938. The van der Waals surface area contributed by atoms with E-state index in [0.717, 1.165) is 16.9 Å². The summed E-state index contributed by atoms with van der Waals surface area (Å²) in [6.45, 7) is 8.35. The molecule has 1 unspecified atom stereocenters. The second-order valence-corrected chi connectivity index (χ2v) is 3.87. The molecule has 0 aliphatic carbocycles. The smallest absolute Gasteiger partial charge is 0.123 e. The predicted molar refractivity (Wildman–Crippen MR) is 62.3 cm³/mol.